The van der Waals surface area contributed by atoms with Crippen LogP contribution in [0.2, 0.25) is 0 Å². The molecule has 1 unspecified atom stereocenters. The van der Waals surface area contributed by atoms with Crippen LogP contribution in [0.1, 0.15) is 31.9 Å². The van der Waals surface area contributed by atoms with E-state index < -0.39 is 0 Å². The van der Waals surface area contributed by atoms with Gasteiger partial charge in [-0.05, 0) is 29.9 Å². The quantitative estimate of drug-likeness (QED) is 0.778. The highest BCUT2D eigenvalue weighted by atomic mass is 14.6. The van der Waals surface area contributed by atoms with Gasteiger partial charge in [-0.3, -0.25) is 0 Å². The zero-order chi connectivity index (χ0) is 10.6. The highest BCUT2D eigenvalue weighted by Crippen LogP contribution is 2.13. The van der Waals surface area contributed by atoms with Gasteiger partial charge in [0.25, 0.3) is 0 Å². The summed E-state index contributed by atoms with van der Waals surface area (Å²) in [7, 11) is 0. The molecule has 0 aromatic heterocycles. The predicted molar refractivity (Wildman–Crippen MR) is 62.3 cm³/mol. The average molecular weight is 191 g/mol. The molecule has 0 spiro atoms. The first-order valence-corrected chi connectivity index (χ1v) is 5.47. The second kappa shape index (κ2) is 5.16. The maximum absolute atomic E-state index is 6.07. The molecule has 0 aliphatic carbocycles. The Kier molecular flexibility index (Phi) is 4.15. The fourth-order valence-corrected chi connectivity index (χ4v) is 1.59. The van der Waals surface area contributed by atoms with E-state index in [1.807, 2.05) is 0 Å². The topological polar surface area (TPSA) is 26.0 Å². The Morgan fingerprint density at radius 2 is 1.71 bits per heavy atom. The van der Waals surface area contributed by atoms with E-state index in [-0.39, 0.29) is 6.04 Å². The van der Waals surface area contributed by atoms with Gasteiger partial charge >= 0.3 is 0 Å². The van der Waals surface area contributed by atoms with Crippen molar-refractivity contribution in [3.8, 4) is 0 Å². The first-order valence-electron chi connectivity index (χ1n) is 5.47. The molecule has 1 nitrogen and oxygen atoms in total. The second-order valence-electron chi connectivity index (χ2n) is 4.23. The molecule has 0 radical (unpaired) electrons. The van der Waals surface area contributed by atoms with Crippen LogP contribution >= 0.6 is 0 Å². The van der Waals surface area contributed by atoms with Crippen molar-refractivity contribution < 1.29 is 0 Å². The van der Waals surface area contributed by atoms with Crippen molar-refractivity contribution in [3.63, 3.8) is 0 Å². The smallest absolute Gasteiger partial charge is 0.0103 e. The Morgan fingerprint density at radius 3 is 2.21 bits per heavy atom. The van der Waals surface area contributed by atoms with Gasteiger partial charge in [-0.25, -0.2) is 0 Å². The molecule has 1 aromatic rings. The number of nitrogens with two attached hydrogens (primary N) is 1. The van der Waals surface area contributed by atoms with Gasteiger partial charge in [-0.15, -0.1) is 0 Å². The molecule has 1 heteroatoms. The van der Waals surface area contributed by atoms with Crippen LogP contribution in [0, 0.1) is 5.92 Å². The SMILES string of the molecule is CCc1ccccc1CC(N)C(C)C. The summed E-state index contributed by atoms with van der Waals surface area (Å²) in [5.74, 6) is 0.555. The highest BCUT2D eigenvalue weighted by molar-refractivity contribution is 5.27. The van der Waals surface area contributed by atoms with E-state index in [1.54, 1.807) is 0 Å². The van der Waals surface area contributed by atoms with E-state index in [0.29, 0.717) is 5.92 Å². The van der Waals surface area contributed by atoms with Crippen molar-refractivity contribution in [3.05, 3.63) is 35.4 Å². The minimum atomic E-state index is 0.280. The molecular weight excluding hydrogens is 170 g/mol. The molecule has 0 saturated carbocycles. The normalized spacial score (nSPS) is 13.2. The van der Waals surface area contributed by atoms with Crippen molar-refractivity contribution in [2.75, 3.05) is 0 Å². The molecule has 0 amide bonds. The average Bonchev–Trinajstić information content (AvgIpc) is 2.18. The molecule has 0 bridgehead atoms. The minimum Gasteiger partial charge on any atom is -0.327 e. The van der Waals surface area contributed by atoms with Gasteiger partial charge in [0.05, 0.1) is 0 Å². The van der Waals surface area contributed by atoms with Crippen LogP contribution in [-0.4, -0.2) is 6.04 Å². The fourth-order valence-electron chi connectivity index (χ4n) is 1.59. The van der Waals surface area contributed by atoms with Crippen LogP contribution in [0.15, 0.2) is 24.3 Å². The Balaban J connectivity index is 2.75. The maximum Gasteiger partial charge on any atom is 0.0103 e. The lowest BCUT2D eigenvalue weighted by atomic mass is 9.94. The van der Waals surface area contributed by atoms with Gasteiger partial charge in [-0.2, -0.15) is 0 Å². The summed E-state index contributed by atoms with van der Waals surface area (Å²) in [6, 6.07) is 8.87. The summed E-state index contributed by atoms with van der Waals surface area (Å²) in [5, 5.41) is 0. The van der Waals surface area contributed by atoms with Crippen LogP contribution in [-0.2, 0) is 12.8 Å². The Morgan fingerprint density at radius 1 is 1.14 bits per heavy atom. The first-order chi connectivity index (χ1) is 6.65. The molecule has 78 valence electrons. The van der Waals surface area contributed by atoms with E-state index in [0.717, 1.165) is 12.8 Å². The predicted octanol–water partition coefficient (Wildman–Crippen LogP) is 2.77. The van der Waals surface area contributed by atoms with Crippen molar-refractivity contribution in [1.29, 1.82) is 0 Å². The summed E-state index contributed by atoms with van der Waals surface area (Å²) < 4.78 is 0. The molecule has 1 aromatic carbocycles. The molecule has 0 aliphatic rings. The largest absolute Gasteiger partial charge is 0.327 e. The van der Waals surface area contributed by atoms with E-state index in [9.17, 15) is 0 Å². The molecule has 0 fully saturated rings. The number of hydrogen-bond donors (Lipinski definition) is 1. The van der Waals surface area contributed by atoms with Gasteiger partial charge in [0.15, 0.2) is 0 Å². The lowest BCUT2D eigenvalue weighted by Gasteiger charge is -2.17. The third kappa shape index (κ3) is 2.85. The Hall–Kier alpha value is -0.820. The molecule has 1 atom stereocenters. The Labute approximate surface area is 87.3 Å². The molecule has 14 heavy (non-hydrogen) atoms. The van der Waals surface area contributed by atoms with E-state index in [1.165, 1.54) is 11.1 Å². The molecule has 0 heterocycles. The standard InChI is InChI=1S/C13H21N/c1-4-11-7-5-6-8-12(11)9-13(14)10(2)3/h5-8,10,13H,4,9,14H2,1-3H3. The van der Waals surface area contributed by atoms with Gasteiger partial charge < -0.3 is 5.73 Å². The number of hydrogen-bond acceptors (Lipinski definition) is 1. The van der Waals surface area contributed by atoms with Gasteiger partial charge in [0, 0.05) is 6.04 Å². The molecule has 2 N–H and O–H groups in total. The minimum absolute atomic E-state index is 0.280. The summed E-state index contributed by atoms with van der Waals surface area (Å²) in [5.41, 5.74) is 8.92. The van der Waals surface area contributed by atoms with Crippen LogP contribution in [0.3, 0.4) is 0 Å². The third-order valence-electron chi connectivity index (χ3n) is 2.81. The van der Waals surface area contributed by atoms with Gasteiger partial charge in [0.2, 0.25) is 0 Å². The van der Waals surface area contributed by atoms with E-state index >= 15 is 0 Å². The molecule has 0 saturated heterocycles. The zero-order valence-corrected chi connectivity index (χ0v) is 9.46. The number of rotatable bonds is 4. The first kappa shape index (κ1) is 11.3. The lowest BCUT2D eigenvalue weighted by Crippen LogP contribution is -2.29. The van der Waals surface area contributed by atoms with Gasteiger partial charge in [0.1, 0.15) is 0 Å². The lowest BCUT2D eigenvalue weighted by molar-refractivity contribution is 0.489. The number of aryl methyl sites for hydroxylation is 1. The summed E-state index contributed by atoms with van der Waals surface area (Å²) >= 11 is 0. The van der Waals surface area contributed by atoms with Crippen molar-refractivity contribution in [1.82, 2.24) is 0 Å². The Bertz CT molecular complexity index is 278. The summed E-state index contributed by atoms with van der Waals surface area (Å²) in [4.78, 5) is 0. The van der Waals surface area contributed by atoms with Crippen molar-refractivity contribution in [2.45, 2.75) is 39.7 Å². The molecule has 0 aliphatic heterocycles. The highest BCUT2D eigenvalue weighted by Gasteiger charge is 2.09. The number of benzene rings is 1. The zero-order valence-electron chi connectivity index (χ0n) is 9.46. The molecular formula is C13H21N. The van der Waals surface area contributed by atoms with Crippen LogP contribution in [0.4, 0.5) is 0 Å². The maximum atomic E-state index is 6.07. The van der Waals surface area contributed by atoms with E-state index in [4.69, 9.17) is 5.73 Å². The molecule has 1 rings (SSSR count). The van der Waals surface area contributed by atoms with Crippen LogP contribution in [0.5, 0.6) is 0 Å². The summed E-state index contributed by atoms with van der Waals surface area (Å²) in [6.07, 6.45) is 2.10. The second-order valence-corrected chi connectivity index (χ2v) is 4.23. The van der Waals surface area contributed by atoms with Crippen LogP contribution in [0.25, 0.3) is 0 Å². The van der Waals surface area contributed by atoms with E-state index in [2.05, 4.69) is 45.0 Å². The summed E-state index contributed by atoms with van der Waals surface area (Å²) in [6.45, 7) is 6.55. The van der Waals surface area contributed by atoms with Crippen LogP contribution < -0.4 is 5.73 Å². The van der Waals surface area contributed by atoms with Crippen molar-refractivity contribution in [2.24, 2.45) is 11.7 Å². The van der Waals surface area contributed by atoms with Gasteiger partial charge in [-0.1, -0.05) is 45.0 Å². The monoisotopic (exact) mass is 191 g/mol. The third-order valence-corrected chi connectivity index (χ3v) is 2.81. The van der Waals surface area contributed by atoms with Crippen molar-refractivity contribution >= 4 is 0 Å². The fraction of sp³-hybridized carbons (Fsp3) is 0.538.